The minimum atomic E-state index is -4.14. The van der Waals surface area contributed by atoms with E-state index in [4.69, 9.17) is 15.1 Å². The first kappa shape index (κ1) is 14.3. The van der Waals surface area contributed by atoms with Crippen LogP contribution in [0.15, 0.2) is 0 Å². The average molecular weight is 248 g/mol. The van der Waals surface area contributed by atoms with Crippen LogP contribution in [0.5, 0.6) is 0 Å². The summed E-state index contributed by atoms with van der Waals surface area (Å²) in [6.07, 6.45) is 1.50. The van der Waals surface area contributed by atoms with Gasteiger partial charge in [-0.15, -0.1) is 8.58 Å². The number of nitrogens with zero attached hydrogens (tertiary/aromatic N) is 2. The van der Waals surface area contributed by atoms with Gasteiger partial charge in [0.05, 0.1) is 23.3 Å². The first-order valence-electron chi connectivity index (χ1n) is 4.37. The smallest absolute Gasteiger partial charge is 0.268 e. The monoisotopic (exact) mass is 248 g/mol. The van der Waals surface area contributed by atoms with Crippen LogP contribution in [0.1, 0.15) is 13.3 Å². The lowest BCUT2D eigenvalue weighted by Crippen LogP contribution is -2.26. The maximum atomic E-state index is 10.8. The molecule has 3 atom stereocenters. The van der Waals surface area contributed by atoms with Gasteiger partial charge >= 0.3 is 0 Å². The van der Waals surface area contributed by atoms with Crippen molar-refractivity contribution in [1.82, 2.24) is 0 Å². The van der Waals surface area contributed by atoms with Gasteiger partial charge in [-0.25, -0.2) is 0 Å². The Morgan fingerprint density at radius 3 is 2.47 bits per heavy atom. The molecular formula is C8H13N2O3PS. The zero-order valence-electron chi connectivity index (χ0n) is 8.34. The van der Waals surface area contributed by atoms with Crippen molar-refractivity contribution in [2.75, 3.05) is 12.3 Å². The average Bonchev–Trinajstić information content (AvgIpc) is 2.16. The molecule has 0 amide bonds. The minimum Gasteiger partial charge on any atom is -0.285 e. The fourth-order valence-corrected chi connectivity index (χ4v) is 2.92. The van der Waals surface area contributed by atoms with Crippen LogP contribution < -0.4 is 0 Å². The molecule has 0 aliphatic rings. The van der Waals surface area contributed by atoms with Crippen molar-refractivity contribution < 1.29 is 13.0 Å². The van der Waals surface area contributed by atoms with Gasteiger partial charge in [0.25, 0.3) is 10.1 Å². The molecule has 0 saturated heterocycles. The maximum absolute atomic E-state index is 10.8. The lowest BCUT2D eigenvalue weighted by atomic mass is 10.1. The fourth-order valence-electron chi connectivity index (χ4n) is 0.926. The summed E-state index contributed by atoms with van der Waals surface area (Å²) in [5, 5.41) is 16.0. The first-order valence-corrected chi connectivity index (χ1v) is 7.28. The van der Waals surface area contributed by atoms with E-state index in [-0.39, 0.29) is 0 Å². The van der Waals surface area contributed by atoms with Gasteiger partial charge < -0.3 is 0 Å². The molecule has 0 fully saturated rings. The van der Waals surface area contributed by atoms with Crippen molar-refractivity contribution in [3.63, 3.8) is 0 Å². The standard InChI is InChI=1S/C8H13N2O3PS/c1-7(15(11,12)13)8(5-10)6-14-4-2-3-9/h7-8,14H,2,4,6H2,1H3,(H,11,12,13)/t7-,8+/m1/s1. The summed E-state index contributed by atoms with van der Waals surface area (Å²) < 4.78 is 30.3. The Hall–Kier alpha value is -0.680. The molecule has 0 aromatic rings. The van der Waals surface area contributed by atoms with Crippen molar-refractivity contribution in [2.24, 2.45) is 5.92 Å². The highest BCUT2D eigenvalue weighted by molar-refractivity contribution is 7.86. The van der Waals surface area contributed by atoms with Crippen LogP contribution in [-0.2, 0) is 10.1 Å². The van der Waals surface area contributed by atoms with E-state index >= 15 is 0 Å². The van der Waals surface area contributed by atoms with E-state index in [9.17, 15) is 8.42 Å². The highest BCUT2D eigenvalue weighted by atomic mass is 32.2. The second-order valence-corrected chi connectivity index (χ2v) is 6.25. The van der Waals surface area contributed by atoms with Crippen LogP contribution in [0.3, 0.4) is 0 Å². The molecule has 84 valence electrons. The highest BCUT2D eigenvalue weighted by Crippen LogP contribution is 2.21. The van der Waals surface area contributed by atoms with Crippen LogP contribution in [-0.4, -0.2) is 30.5 Å². The van der Waals surface area contributed by atoms with Crippen LogP contribution in [0.2, 0.25) is 0 Å². The van der Waals surface area contributed by atoms with Gasteiger partial charge in [-0.05, 0) is 19.2 Å². The lowest BCUT2D eigenvalue weighted by Gasteiger charge is -2.13. The number of hydrogen-bond donors (Lipinski definition) is 1. The topological polar surface area (TPSA) is 102 Å². The van der Waals surface area contributed by atoms with Crippen molar-refractivity contribution in [3.05, 3.63) is 0 Å². The van der Waals surface area contributed by atoms with Crippen molar-refractivity contribution in [2.45, 2.75) is 18.6 Å². The second-order valence-electron chi connectivity index (χ2n) is 3.07. The summed E-state index contributed by atoms with van der Waals surface area (Å²) in [6, 6.07) is 3.85. The van der Waals surface area contributed by atoms with Crippen LogP contribution >= 0.6 is 8.58 Å². The van der Waals surface area contributed by atoms with Gasteiger partial charge in [0.2, 0.25) is 0 Å². The SMILES string of the molecule is C[C@H]([C@@H](C#N)CPCCC#N)S(=O)(=O)O. The molecule has 15 heavy (non-hydrogen) atoms. The van der Waals surface area contributed by atoms with Gasteiger partial charge in [0.1, 0.15) is 0 Å². The quantitative estimate of drug-likeness (QED) is 0.429. The number of hydrogen-bond acceptors (Lipinski definition) is 4. The largest absolute Gasteiger partial charge is 0.285 e. The molecule has 0 bridgehead atoms. The summed E-state index contributed by atoms with van der Waals surface area (Å²) in [5.74, 6) is -0.697. The molecule has 7 heteroatoms. The summed E-state index contributed by atoms with van der Waals surface area (Å²) in [6.45, 7) is 1.32. The molecule has 0 rings (SSSR count). The maximum Gasteiger partial charge on any atom is 0.268 e. The molecule has 0 heterocycles. The molecule has 0 aromatic carbocycles. The number of rotatable bonds is 6. The van der Waals surface area contributed by atoms with Gasteiger partial charge in [-0.1, -0.05) is 0 Å². The summed E-state index contributed by atoms with van der Waals surface area (Å²) in [4.78, 5) is 0. The Bertz CT molecular complexity index is 368. The third-order valence-corrected chi connectivity index (χ3v) is 4.58. The van der Waals surface area contributed by atoms with Gasteiger partial charge in [-0.3, -0.25) is 4.55 Å². The predicted molar refractivity (Wildman–Crippen MR) is 58.4 cm³/mol. The molecule has 0 spiro atoms. The molecule has 5 nitrogen and oxygen atoms in total. The summed E-state index contributed by atoms with van der Waals surface area (Å²) in [5.41, 5.74) is 0. The molecule has 0 saturated carbocycles. The van der Waals surface area contributed by atoms with E-state index in [0.29, 0.717) is 27.3 Å². The molecular weight excluding hydrogens is 235 g/mol. The summed E-state index contributed by atoms with van der Waals surface area (Å²) >= 11 is 0. The third-order valence-electron chi connectivity index (χ3n) is 1.98. The molecule has 1 N–H and O–H groups in total. The van der Waals surface area contributed by atoms with Gasteiger partial charge in [0.15, 0.2) is 0 Å². The van der Waals surface area contributed by atoms with E-state index in [1.807, 2.05) is 12.1 Å². The minimum absolute atomic E-state index is 0.377. The van der Waals surface area contributed by atoms with Gasteiger partial charge in [-0.2, -0.15) is 18.9 Å². The van der Waals surface area contributed by atoms with E-state index in [0.717, 1.165) is 0 Å². The first-order chi connectivity index (χ1) is 6.93. The Balaban J connectivity index is 4.18. The normalized spacial score (nSPS) is 15.7. The van der Waals surface area contributed by atoms with Crippen molar-refractivity contribution in [3.8, 4) is 12.1 Å². The van der Waals surface area contributed by atoms with Crippen LogP contribution in [0, 0.1) is 28.6 Å². The third kappa shape index (κ3) is 5.69. The zero-order valence-corrected chi connectivity index (χ0v) is 10.2. The summed E-state index contributed by atoms with van der Waals surface area (Å²) in [7, 11) is -3.76. The lowest BCUT2D eigenvalue weighted by molar-refractivity contribution is 0.459. The molecule has 0 radical (unpaired) electrons. The Kier molecular flexibility index (Phi) is 6.43. The zero-order chi connectivity index (χ0) is 11.9. The van der Waals surface area contributed by atoms with Crippen LogP contribution in [0.4, 0.5) is 0 Å². The fraction of sp³-hybridized carbons (Fsp3) is 0.750. The van der Waals surface area contributed by atoms with E-state index in [2.05, 4.69) is 0 Å². The van der Waals surface area contributed by atoms with E-state index < -0.39 is 21.3 Å². The molecule has 0 aliphatic heterocycles. The number of nitriles is 2. The van der Waals surface area contributed by atoms with E-state index in [1.54, 1.807) is 0 Å². The predicted octanol–water partition coefficient (Wildman–Crippen LogP) is 0.995. The van der Waals surface area contributed by atoms with E-state index in [1.165, 1.54) is 6.92 Å². The van der Waals surface area contributed by atoms with Gasteiger partial charge in [0, 0.05) is 6.42 Å². The molecule has 1 unspecified atom stereocenters. The Morgan fingerprint density at radius 2 is 2.07 bits per heavy atom. The van der Waals surface area contributed by atoms with Crippen LogP contribution in [0.25, 0.3) is 0 Å². The second kappa shape index (κ2) is 6.74. The van der Waals surface area contributed by atoms with Crippen molar-refractivity contribution in [1.29, 1.82) is 10.5 Å². The Labute approximate surface area is 91.6 Å². The highest BCUT2D eigenvalue weighted by Gasteiger charge is 2.27. The molecule has 0 aromatic heterocycles. The van der Waals surface area contributed by atoms with Crippen molar-refractivity contribution >= 4 is 18.7 Å². The Morgan fingerprint density at radius 1 is 1.47 bits per heavy atom. The molecule has 0 aliphatic carbocycles.